The van der Waals surface area contributed by atoms with E-state index in [-0.39, 0.29) is 17.4 Å². The second kappa shape index (κ2) is 9.83. The number of nitrogens with zero attached hydrogens (tertiary/aromatic N) is 1. The van der Waals surface area contributed by atoms with Gasteiger partial charge in [-0.2, -0.15) is 0 Å². The van der Waals surface area contributed by atoms with Crippen molar-refractivity contribution in [1.29, 1.82) is 0 Å². The quantitative estimate of drug-likeness (QED) is 0.326. The maximum absolute atomic E-state index is 13.0. The van der Waals surface area contributed by atoms with E-state index < -0.39 is 5.97 Å². The number of carbonyl (C=O) groups is 1. The fraction of sp³-hybridized carbons (Fsp3) is 0.304. The first-order valence-corrected chi connectivity index (χ1v) is 9.67. The standard InChI is InChI=1S/C23H24FNO3/c1-2-3-4-5-6-15-27-20-13-7-17(8-14-20)16-21-23(26)28-22(25-21)18-9-11-19(24)12-10-18/h7-14,16H,2-6,15H2,1H3/b21-16+. The van der Waals surface area contributed by atoms with Crippen LogP contribution in [0.5, 0.6) is 5.75 Å². The zero-order valence-corrected chi connectivity index (χ0v) is 16.0. The largest absolute Gasteiger partial charge is 0.494 e. The van der Waals surface area contributed by atoms with Crippen molar-refractivity contribution >= 4 is 17.9 Å². The van der Waals surface area contributed by atoms with Crippen LogP contribution in [0.25, 0.3) is 6.08 Å². The maximum atomic E-state index is 13.0. The Morgan fingerprint density at radius 2 is 1.71 bits per heavy atom. The summed E-state index contributed by atoms with van der Waals surface area (Å²) in [5.74, 6) is 0.112. The molecule has 0 saturated heterocycles. The van der Waals surface area contributed by atoms with Gasteiger partial charge in [0.25, 0.3) is 0 Å². The van der Waals surface area contributed by atoms with Gasteiger partial charge in [-0.1, -0.05) is 44.7 Å². The van der Waals surface area contributed by atoms with E-state index in [9.17, 15) is 9.18 Å². The number of hydrogen-bond donors (Lipinski definition) is 0. The van der Waals surface area contributed by atoms with Crippen LogP contribution in [-0.2, 0) is 9.53 Å². The van der Waals surface area contributed by atoms with Gasteiger partial charge in [0.1, 0.15) is 11.6 Å². The lowest BCUT2D eigenvalue weighted by atomic mass is 10.1. The Kier molecular flexibility index (Phi) is 6.95. The molecule has 0 fully saturated rings. The highest BCUT2D eigenvalue weighted by atomic mass is 19.1. The highest BCUT2D eigenvalue weighted by Crippen LogP contribution is 2.21. The van der Waals surface area contributed by atoms with Crippen LogP contribution in [0.3, 0.4) is 0 Å². The highest BCUT2D eigenvalue weighted by Gasteiger charge is 2.24. The Bertz CT molecular complexity index is 854. The van der Waals surface area contributed by atoms with Crippen LogP contribution in [0.15, 0.2) is 59.2 Å². The lowest BCUT2D eigenvalue weighted by Gasteiger charge is -2.06. The van der Waals surface area contributed by atoms with Gasteiger partial charge in [0.15, 0.2) is 5.70 Å². The molecule has 0 radical (unpaired) electrons. The van der Waals surface area contributed by atoms with Gasteiger partial charge in [-0.05, 0) is 54.5 Å². The number of benzene rings is 2. The third kappa shape index (κ3) is 5.52. The third-order valence-corrected chi connectivity index (χ3v) is 4.41. The summed E-state index contributed by atoms with van der Waals surface area (Å²) in [7, 11) is 0. The predicted molar refractivity (Wildman–Crippen MR) is 108 cm³/mol. The van der Waals surface area contributed by atoms with Gasteiger partial charge in [-0.3, -0.25) is 0 Å². The molecular formula is C23H24FNO3. The van der Waals surface area contributed by atoms with Crippen molar-refractivity contribution in [1.82, 2.24) is 0 Å². The van der Waals surface area contributed by atoms with Crippen molar-refractivity contribution in [2.24, 2.45) is 4.99 Å². The minimum Gasteiger partial charge on any atom is -0.494 e. The fourth-order valence-electron chi connectivity index (χ4n) is 2.84. The fourth-order valence-corrected chi connectivity index (χ4v) is 2.84. The molecule has 1 aliphatic rings. The number of rotatable bonds is 9. The summed E-state index contributed by atoms with van der Waals surface area (Å²) >= 11 is 0. The number of unbranched alkanes of at least 4 members (excludes halogenated alkanes) is 4. The van der Waals surface area contributed by atoms with Crippen molar-refractivity contribution < 1.29 is 18.7 Å². The average Bonchev–Trinajstić information content (AvgIpc) is 3.07. The molecule has 0 atom stereocenters. The van der Waals surface area contributed by atoms with Gasteiger partial charge in [-0.25, -0.2) is 14.2 Å². The van der Waals surface area contributed by atoms with Gasteiger partial charge in [0.2, 0.25) is 5.90 Å². The molecule has 1 aliphatic heterocycles. The smallest absolute Gasteiger partial charge is 0.363 e. The first kappa shape index (κ1) is 19.8. The second-order valence-electron chi connectivity index (χ2n) is 6.67. The molecule has 0 aromatic heterocycles. The third-order valence-electron chi connectivity index (χ3n) is 4.41. The van der Waals surface area contributed by atoms with Crippen LogP contribution in [0.1, 0.15) is 50.2 Å². The van der Waals surface area contributed by atoms with Crippen molar-refractivity contribution in [2.45, 2.75) is 39.0 Å². The summed E-state index contributed by atoms with van der Waals surface area (Å²) in [4.78, 5) is 16.3. The van der Waals surface area contributed by atoms with E-state index in [0.29, 0.717) is 12.2 Å². The normalized spacial score (nSPS) is 14.9. The molecule has 146 valence electrons. The van der Waals surface area contributed by atoms with Gasteiger partial charge in [0.05, 0.1) is 6.61 Å². The number of cyclic esters (lactones) is 1. The van der Waals surface area contributed by atoms with Crippen LogP contribution >= 0.6 is 0 Å². The molecule has 4 nitrogen and oxygen atoms in total. The lowest BCUT2D eigenvalue weighted by molar-refractivity contribution is -0.129. The van der Waals surface area contributed by atoms with E-state index in [1.807, 2.05) is 24.3 Å². The summed E-state index contributed by atoms with van der Waals surface area (Å²) < 4.78 is 24.0. The molecular weight excluding hydrogens is 357 g/mol. The summed E-state index contributed by atoms with van der Waals surface area (Å²) in [5, 5.41) is 0. The van der Waals surface area contributed by atoms with Crippen molar-refractivity contribution in [3.63, 3.8) is 0 Å². The van der Waals surface area contributed by atoms with E-state index in [1.165, 1.54) is 49.9 Å². The monoisotopic (exact) mass is 381 g/mol. The molecule has 5 heteroatoms. The van der Waals surface area contributed by atoms with E-state index in [2.05, 4.69) is 11.9 Å². The summed E-state index contributed by atoms with van der Waals surface area (Å²) in [5.41, 5.74) is 1.59. The number of aliphatic imine (C=N–C) groups is 1. The lowest BCUT2D eigenvalue weighted by Crippen LogP contribution is -2.05. The van der Waals surface area contributed by atoms with E-state index in [4.69, 9.17) is 9.47 Å². The number of hydrogen-bond acceptors (Lipinski definition) is 4. The number of carbonyl (C=O) groups excluding carboxylic acids is 1. The summed E-state index contributed by atoms with van der Waals surface area (Å²) in [6.45, 7) is 2.91. The molecule has 28 heavy (non-hydrogen) atoms. The molecule has 3 rings (SSSR count). The molecule has 0 spiro atoms. The SMILES string of the molecule is CCCCCCCOc1ccc(/C=C2/N=C(c3ccc(F)cc3)OC2=O)cc1. The van der Waals surface area contributed by atoms with Crippen molar-refractivity contribution in [2.75, 3.05) is 6.61 Å². The first-order valence-electron chi connectivity index (χ1n) is 9.67. The van der Waals surface area contributed by atoms with Gasteiger partial charge < -0.3 is 9.47 Å². The molecule has 2 aromatic carbocycles. The van der Waals surface area contributed by atoms with Gasteiger partial charge in [-0.15, -0.1) is 0 Å². The maximum Gasteiger partial charge on any atom is 0.363 e. The molecule has 1 heterocycles. The number of halogens is 1. The number of esters is 1. The Morgan fingerprint density at radius 1 is 1.00 bits per heavy atom. The molecule has 0 bridgehead atoms. The zero-order valence-electron chi connectivity index (χ0n) is 16.0. The van der Waals surface area contributed by atoms with E-state index >= 15 is 0 Å². The van der Waals surface area contributed by atoms with Gasteiger partial charge >= 0.3 is 5.97 Å². The minimum absolute atomic E-state index is 0.180. The van der Waals surface area contributed by atoms with E-state index in [0.717, 1.165) is 17.7 Å². The van der Waals surface area contributed by atoms with Gasteiger partial charge in [0, 0.05) is 5.56 Å². The van der Waals surface area contributed by atoms with Crippen LogP contribution in [0.2, 0.25) is 0 Å². The average molecular weight is 381 g/mol. The molecule has 0 amide bonds. The number of ether oxygens (including phenoxy) is 2. The van der Waals surface area contributed by atoms with Crippen LogP contribution < -0.4 is 4.74 Å². The first-order chi connectivity index (χ1) is 13.7. The topological polar surface area (TPSA) is 47.9 Å². The Balaban J connectivity index is 1.58. The Morgan fingerprint density at radius 3 is 2.43 bits per heavy atom. The second-order valence-corrected chi connectivity index (χ2v) is 6.67. The summed E-state index contributed by atoms with van der Waals surface area (Å²) in [6, 6.07) is 13.2. The predicted octanol–water partition coefficient (Wildman–Crippen LogP) is 5.52. The van der Waals surface area contributed by atoms with E-state index in [1.54, 1.807) is 6.08 Å². The molecule has 2 aromatic rings. The Hall–Kier alpha value is -2.95. The van der Waals surface area contributed by atoms with Crippen LogP contribution in [-0.4, -0.2) is 18.5 Å². The van der Waals surface area contributed by atoms with Crippen LogP contribution in [0.4, 0.5) is 4.39 Å². The van der Waals surface area contributed by atoms with Crippen molar-refractivity contribution in [3.05, 3.63) is 71.2 Å². The zero-order chi connectivity index (χ0) is 19.8. The molecule has 0 aliphatic carbocycles. The molecule has 0 unspecified atom stereocenters. The molecule has 0 saturated carbocycles. The summed E-state index contributed by atoms with van der Waals surface area (Å²) in [6.07, 6.45) is 7.67. The molecule has 0 N–H and O–H groups in total. The highest BCUT2D eigenvalue weighted by molar-refractivity contribution is 6.12. The van der Waals surface area contributed by atoms with Crippen molar-refractivity contribution in [3.8, 4) is 5.75 Å². The minimum atomic E-state index is -0.522. The van der Waals surface area contributed by atoms with Crippen LogP contribution in [0, 0.1) is 5.82 Å². The Labute approximate surface area is 164 Å².